The maximum atomic E-state index is 11.9. The zero-order chi connectivity index (χ0) is 13.2. The second kappa shape index (κ2) is 5.10. The highest BCUT2D eigenvalue weighted by atomic mass is 16.1. The van der Waals surface area contributed by atoms with Gasteiger partial charge in [-0.1, -0.05) is 13.8 Å². The summed E-state index contributed by atoms with van der Waals surface area (Å²) in [6.07, 6.45) is 4.18. The summed E-state index contributed by atoms with van der Waals surface area (Å²) < 4.78 is 1.64. The zero-order valence-corrected chi connectivity index (χ0v) is 11.4. The molecule has 18 heavy (non-hydrogen) atoms. The van der Waals surface area contributed by atoms with Crippen LogP contribution in [-0.4, -0.2) is 34.8 Å². The molecule has 1 aliphatic rings. The maximum Gasteiger partial charge on any atom is 0.271 e. The van der Waals surface area contributed by atoms with E-state index < -0.39 is 0 Å². The van der Waals surface area contributed by atoms with Crippen molar-refractivity contribution in [2.75, 3.05) is 13.1 Å². The van der Waals surface area contributed by atoms with Crippen molar-refractivity contribution in [3.8, 4) is 0 Å². The molecule has 1 aromatic heterocycles. The number of nitrogens with zero attached hydrogens (tertiary/aromatic N) is 2. The fourth-order valence-corrected chi connectivity index (χ4v) is 2.44. The normalized spacial score (nSPS) is 22.7. The van der Waals surface area contributed by atoms with E-state index in [0.29, 0.717) is 18.3 Å². The van der Waals surface area contributed by atoms with E-state index in [1.807, 2.05) is 7.05 Å². The Hall–Kier alpha value is -1.36. The van der Waals surface area contributed by atoms with Gasteiger partial charge in [-0.05, 0) is 30.9 Å². The van der Waals surface area contributed by atoms with Crippen LogP contribution in [0.2, 0.25) is 0 Å². The van der Waals surface area contributed by atoms with Crippen molar-refractivity contribution in [3.63, 3.8) is 0 Å². The lowest BCUT2D eigenvalue weighted by atomic mass is 9.77. The highest BCUT2D eigenvalue weighted by molar-refractivity contribution is 5.92. The molecule has 1 fully saturated rings. The number of carbonyl (C=O) groups excluding carboxylic acids is 1. The number of nitrogens with one attached hydrogen (secondary N) is 2. The Morgan fingerprint density at radius 3 is 3.06 bits per heavy atom. The van der Waals surface area contributed by atoms with E-state index in [2.05, 4.69) is 29.6 Å². The van der Waals surface area contributed by atoms with Crippen LogP contribution < -0.4 is 10.6 Å². The molecule has 0 saturated carbocycles. The van der Waals surface area contributed by atoms with E-state index in [0.717, 1.165) is 6.54 Å². The van der Waals surface area contributed by atoms with Crippen LogP contribution in [0.5, 0.6) is 0 Å². The van der Waals surface area contributed by atoms with Gasteiger partial charge in [-0.3, -0.25) is 9.48 Å². The summed E-state index contributed by atoms with van der Waals surface area (Å²) in [6.45, 7) is 6.18. The molecule has 1 aromatic rings. The van der Waals surface area contributed by atoms with Crippen molar-refractivity contribution in [2.45, 2.75) is 32.7 Å². The monoisotopic (exact) mass is 250 g/mol. The third-order valence-corrected chi connectivity index (χ3v) is 3.74. The van der Waals surface area contributed by atoms with E-state index in [1.165, 1.54) is 12.8 Å². The van der Waals surface area contributed by atoms with Crippen LogP contribution in [0.3, 0.4) is 0 Å². The van der Waals surface area contributed by atoms with Crippen molar-refractivity contribution in [2.24, 2.45) is 12.5 Å². The molecule has 1 saturated heterocycles. The minimum absolute atomic E-state index is 0.0984. The predicted octanol–water partition coefficient (Wildman–Crippen LogP) is 0.928. The number of aryl methyl sites for hydroxylation is 1. The molecule has 2 rings (SSSR count). The molecule has 2 N–H and O–H groups in total. The van der Waals surface area contributed by atoms with Gasteiger partial charge < -0.3 is 10.6 Å². The van der Waals surface area contributed by atoms with Crippen LogP contribution in [0.25, 0.3) is 0 Å². The molecule has 0 bridgehead atoms. The molecular weight excluding hydrogens is 228 g/mol. The molecular formula is C13H22N4O. The Morgan fingerprint density at radius 1 is 1.67 bits per heavy atom. The SMILES string of the molecule is Cn1ccc(C(=O)NCC2NCCCC2(C)C)n1. The third kappa shape index (κ3) is 2.90. The van der Waals surface area contributed by atoms with Crippen LogP contribution in [0.4, 0.5) is 0 Å². The van der Waals surface area contributed by atoms with E-state index in [-0.39, 0.29) is 11.3 Å². The highest BCUT2D eigenvalue weighted by Crippen LogP contribution is 2.29. The Bertz CT molecular complexity index is 424. The maximum absolute atomic E-state index is 11.9. The third-order valence-electron chi connectivity index (χ3n) is 3.74. The molecule has 0 aliphatic carbocycles. The standard InChI is InChI=1S/C13H22N4O/c1-13(2)6-4-7-14-11(13)9-15-12(18)10-5-8-17(3)16-10/h5,8,11,14H,4,6-7,9H2,1-3H3,(H,15,18). The largest absolute Gasteiger partial charge is 0.349 e. The average molecular weight is 250 g/mol. The number of rotatable bonds is 3. The molecule has 1 unspecified atom stereocenters. The second-order valence-electron chi connectivity index (χ2n) is 5.68. The Kier molecular flexibility index (Phi) is 3.71. The molecule has 1 atom stereocenters. The molecule has 5 nitrogen and oxygen atoms in total. The molecule has 0 radical (unpaired) electrons. The summed E-state index contributed by atoms with van der Waals surface area (Å²) in [5.74, 6) is -0.0984. The summed E-state index contributed by atoms with van der Waals surface area (Å²) in [7, 11) is 1.81. The summed E-state index contributed by atoms with van der Waals surface area (Å²) in [5.41, 5.74) is 0.710. The van der Waals surface area contributed by atoms with Crippen LogP contribution in [-0.2, 0) is 7.05 Å². The van der Waals surface area contributed by atoms with Gasteiger partial charge in [0.2, 0.25) is 0 Å². The number of piperidine rings is 1. The van der Waals surface area contributed by atoms with E-state index >= 15 is 0 Å². The number of carbonyl (C=O) groups is 1. The molecule has 5 heteroatoms. The van der Waals surface area contributed by atoms with Gasteiger partial charge in [0.15, 0.2) is 0 Å². The minimum atomic E-state index is -0.0984. The summed E-state index contributed by atoms with van der Waals surface area (Å²) in [5, 5.41) is 10.5. The number of amides is 1. The first kappa shape index (κ1) is 13.1. The van der Waals surface area contributed by atoms with Crippen molar-refractivity contribution in [3.05, 3.63) is 18.0 Å². The summed E-state index contributed by atoms with van der Waals surface area (Å²) in [4.78, 5) is 11.9. The van der Waals surface area contributed by atoms with Crippen molar-refractivity contribution in [1.82, 2.24) is 20.4 Å². The number of aromatic nitrogens is 2. The lowest BCUT2D eigenvalue weighted by Crippen LogP contribution is -2.52. The van der Waals surface area contributed by atoms with Crippen LogP contribution in [0.15, 0.2) is 12.3 Å². The van der Waals surface area contributed by atoms with Crippen LogP contribution >= 0.6 is 0 Å². The summed E-state index contributed by atoms with van der Waals surface area (Å²) >= 11 is 0. The topological polar surface area (TPSA) is 59.0 Å². The Morgan fingerprint density at radius 2 is 2.44 bits per heavy atom. The highest BCUT2D eigenvalue weighted by Gasteiger charge is 2.32. The average Bonchev–Trinajstić information content (AvgIpc) is 2.73. The van der Waals surface area contributed by atoms with Gasteiger partial charge in [-0.25, -0.2) is 0 Å². The lowest BCUT2D eigenvalue weighted by Gasteiger charge is -2.39. The fourth-order valence-electron chi connectivity index (χ4n) is 2.44. The molecule has 0 spiro atoms. The van der Waals surface area contributed by atoms with Gasteiger partial charge in [-0.15, -0.1) is 0 Å². The van der Waals surface area contributed by atoms with E-state index in [1.54, 1.807) is 16.9 Å². The molecule has 1 amide bonds. The smallest absolute Gasteiger partial charge is 0.271 e. The van der Waals surface area contributed by atoms with Crippen molar-refractivity contribution < 1.29 is 4.79 Å². The predicted molar refractivity (Wildman–Crippen MR) is 70.3 cm³/mol. The second-order valence-corrected chi connectivity index (χ2v) is 5.68. The molecule has 100 valence electrons. The number of hydrogen-bond acceptors (Lipinski definition) is 3. The van der Waals surface area contributed by atoms with Crippen LogP contribution in [0, 0.1) is 5.41 Å². The first-order chi connectivity index (χ1) is 8.49. The minimum Gasteiger partial charge on any atom is -0.349 e. The van der Waals surface area contributed by atoms with Gasteiger partial charge in [-0.2, -0.15) is 5.10 Å². The van der Waals surface area contributed by atoms with E-state index in [4.69, 9.17) is 0 Å². The zero-order valence-electron chi connectivity index (χ0n) is 11.4. The van der Waals surface area contributed by atoms with Crippen LogP contribution in [0.1, 0.15) is 37.2 Å². The fraction of sp³-hybridized carbons (Fsp3) is 0.692. The van der Waals surface area contributed by atoms with Gasteiger partial charge in [0.1, 0.15) is 5.69 Å². The van der Waals surface area contributed by atoms with Crippen molar-refractivity contribution >= 4 is 5.91 Å². The van der Waals surface area contributed by atoms with Gasteiger partial charge in [0.25, 0.3) is 5.91 Å². The quantitative estimate of drug-likeness (QED) is 0.839. The first-order valence-corrected chi connectivity index (χ1v) is 6.50. The van der Waals surface area contributed by atoms with E-state index in [9.17, 15) is 4.79 Å². The molecule has 0 aromatic carbocycles. The Labute approximate surface area is 108 Å². The van der Waals surface area contributed by atoms with Gasteiger partial charge in [0, 0.05) is 25.8 Å². The van der Waals surface area contributed by atoms with Gasteiger partial charge in [0.05, 0.1) is 0 Å². The van der Waals surface area contributed by atoms with Crippen molar-refractivity contribution in [1.29, 1.82) is 0 Å². The van der Waals surface area contributed by atoms with Gasteiger partial charge >= 0.3 is 0 Å². The lowest BCUT2D eigenvalue weighted by molar-refractivity contribution is 0.0923. The summed E-state index contributed by atoms with van der Waals surface area (Å²) in [6, 6.07) is 2.06. The first-order valence-electron chi connectivity index (χ1n) is 6.50. The number of hydrogen-bond donors (Lipinski definition) is 2. The Balaban J connectivity index is 1.89. The molecule has 1 aliphatic heterocycles. The molecule has 2 heterocycles.